The quantitative estimate of drug-likeness (QED) is 0.327. The zero-order valence-electron chi connectivity index (χ0n) is 15.5. The van der Waals surface area contributed by atoms with Crippen LogP contribution in [0, 0.1) is 0 Å². The van der Waals surface area contributed by atoms with E-state index in [1.807, 2.05) is 0 Å². The van der Waals surface area contributed by atoms with Crippen LogP contribution in [-0.2, 0) is 28.9 Å². The first kappa shape index (κ1) is 23.0. The smallest absolute Gasteiger partial charge is 0.397 e. The zero-order chi connectivity index (χ0) is 21.8. The second-order valence-corrected chi connectivity index (χ2v) is 7.30. The second kappa shape index (κ2) is 9.47. The number of carbonyl (C=O) groups excluding carboxylic acids is 2. The van der Waals surface area contributed by atoms with Gasteiger partial charge in [0.2, 0.25) is 18.1 Å². The van der Waals surface area contributed by atoms with E-state index < -0.39 is 53.6 Å². The minimum absolute atomic E-state index is 0.234. The van der Waals surface area contributed by atoms with Gasteiger partial charge in [0.15, 0.2) is 0 Å². The van der Waals surface area contributed by atoms with Crippen molar-refractivity contribution in [3.8, 4) is 5.75 Å². The maximum absolute atomic E-state index is 11.5. The number of amides is 2. The van der Waals surface area contributed by atoms with Crippen LogP contribution in [-0.4, -0.2) is 72.2 Å². The van der Waals surface area contributed by atoms with Crippen LogP contribution in [0.25, 0.3) is 0 Å². The molecule has 13 heteroatoms. The summed E-state index contributed by atoms with van der Waals surface area (Å²) < 4.78 is 46.5. The van der Waals surface area contributed by atoms with Gasteiger partial charge in [-0.05, 0) is 24.3 Å². The van der Waals surface area contributed by atoms with E-state index in [2.05, 4.69) is 14.8 Å². The Kier molecular flexibility index (Phi) is 7.51. The molecule has 162 valence electrons. The fraction of sp³-hybridized carbons (Fsp3) is 0.500. The molecule has 1 aromatic carbocycles. The van der Waals surface area contributed by atoms with Gasteiger partial charge in [-0.1, -0.05) is 0 Å². The Bertz CT molecular complexity index is 829. The van der Waals surface area contributed by atoms with E-state index in [0.29, 0.717) is 5.69 Å². The first-order valence-corrected chi connectivity index (χ1v) is 9.78. The monoisotopic (exact) mass is 434 g/mol. The molecule has 0 unspecified atom stereocenters. The lowest BCUT2D eigenvalue weighted by atomic mass is 9.97. The molecule has 0 aliphatic carbocycles. The number of hydrogen-bond acceptors (Lipinski definition) is 9. The predicted molar refractivity (Wildman–Crippen MR) is 97.2 cm³/mol. The normalized spacial score (nSPS) is 27.1. The lowest BCUT2D eigenvalue weighted by molar-refractivity contribution is -0.239. The van der Waals surface area contributed by atoms with E-state index in [-0.39, 0.29) is 11.7 Å². The van der Waals surface area contributed by atoms with E-state index in [4.69, 9.17) is 14.0 Å². The van der Waals surface area contributed by atoms with Gasteiger partial charge < -0.3 is 30.3 Å². The Labute approximate surface area is 166 Å². The topological polar surface area (TPSA) is 181 Å². The van der Waals surface area contributed by atoms with E-state index >= 15 is 0 Å². The molecule has 0 saturated carbocycles. The second-order valence-electron chi connectivity index (χ2n) is 6.25. The fourth-order valence-corrected chi connectivity index (χ4v) is 3.29. The SMILES string of the molecule is CC(=O)Nc1ccc(O[C@@H]2O[C@H](CO)[C@@H](OS(=O)(=O)O)[C@H](O)[C@@H]2NC(C)=O)cc1. The van der Waals surface area contributed by atoms with Crippen molar-refractivity contribution in [3.05, 3.63) is 24.3 Å². The van der Waals surface area contributed by atoms with E-state index in [1.165, 1.54) is 31.2 Å². The maximum atomic E-state index is 11.5. The summed E-state index contributed by atoms with van der Waals surface area (Å²) in [5, 5.41) is 24.9. The zero-order valence-corrected chi connectivity index (χ0v) is 16.3. The standard InChI is InChI=1S/C16H22N2O10S/c1-8(20)17-10-3-5-11(6-4-10)26-16-13(18-9(2)21)14(22)15(12(7-19)27-16)28-29(23,24)25/h3-6,12-16,19,22H,7H2,1-2H3,(H,17,20)(H,18,21)(H,23,24,25)/t12-,13+,14-,15-,16-/m1/s1. The van der Waals surface area contributed by atoms with E-state index in [9.17, 15) is 28.2 Å². The minimum atomic E-state index is -4.98. The van der Waals surface area contributed by atoms with Crippen molar-refractivity contribution in [2.24, 2.45) is 0 Å². The van der Waals surface area contributed by atoms with Crippen LogP contribution < -0.4 is 15.4 Å². The first-order valence-electron chi connectivity index (χ1n) is 8.41. The molecular weight excluding hydrogens is 412 g/mol. The molecule has 2 amide bonds. The number of aliphatic hydroxyl groups excluding tert-OH is 2. The van der Waals surface area contributed by atoms with Crippen LogP contribution in [0.15, 0.2) is 24.3 Å². The summed E-state index contributed by atoms with van der Waals surface area (Å²) in [5.74, 6) is -0.614. The summed E-state index contributed by atoms with van der Waals surface area (Å²) in [4.78, 5) is 22.6. The van der Waals surface area contributed by atoms with Crippen molar-refractivity contribution in [2.75, 3.05) is 11.9 Å². The van der Waals surface area contributed by atoms with Crippen molar-refractivity contribution in [1.82, 2.24) is 5.32 Å². The van der Waals surface area contributed by atoms with Crippen molar-refractivity contribution in [2.45, 2.75) is 44.5 Å². The van der Waals surface area contributed by atoms with E-state index in [1.54, 1.807) is 0 Å². The van der Waals surface area contributed by atoms with Gasteiger partial charge in [-0.2, -0.15) is 8.42 Å². The molecule has 1 aliphatic heterocycles. The molecule has 0 bridgehead atoms. The Balaban J connectivity index is 2.24. The third-order valence-electron chi connectivity index (χ3n) is 3.88. The van der Waals surface area contributed by atoms with Crippen molar-refractivity contribution >= 4 is 27.9 Å². The average Bonchev–Trinajstić information content (AvgIpc) is 2.60. The molecule has 1 saturated heterocycles. The van der Waals surface area contributed by atoms with Crippen molar-refractivity contribution in [3.63, 3.8) is 0 Å². The Morgan fingerprint density at radius 1 is 1.17 bits per heavy atom. The number of nitrogens with one attached hydrogen (secondary N) is 2. The van der Waals surface area contributed by atoms with Gasteiger partial charge in [0, 0.05) is 19.5 Å². The van der Waals surface area contributed by atoms with Gasteiger partial charge in [0.1, 0.15) is 30.1 Å². The number of carbonyl (C=O) groups is 2. The number of ether oxygens (including phenoxy) is 2. The molecule has 1 heterocycles. The van der Waals surface area contributed by atoms with Crippen LogP contribution in [0.2, 0.25) is 0 Å². The van der Waals surface area contributed by atoms with Gasteiger partial charge in [0.05, 0.1) is 6.61 Å². The van der Waals surface area contributed by atoms with Gasteiger partial charge >= 0.3 is 10.4 Å². The Hall–Kier alpha value is -2.29. The predicted octanol–water partition coefficient (Wildman–Crippen LogP) is -1.21. The lowest BCUT2D eigenvalue weighted by Gasteiger charge is -2.43. The number of anilines is 1. The lowest BCUT2D eigenvalue weighted by Crippen LogP contribution is -2.66. The summed E-state index contributed by atoms with van der Waals surface area (Å²) in [6.07, 6.45) is -6.14. The number of rotatable bonds is 7. The van der Waals surface area contributed by atoms with Crippen LogP contribution in [0.5, 0.6) is 5.75 Å². The van der Waals surface area contributed by atoms with Gasteiger partial charge in [-0.25, -0.2) is 4.18 Å². The van der Waals surface area contributed by atoms with Gasteiger partial charge in [0.25, 0.3) is 0 Å². The Morgan fingerprint density at radius 2 is 1.79 bits per heavy atom. The summed E-state index contributed by atoms with van der Waals surface area (Å²) in [6, 6.07) is 4.76. The largest absolute Gasteiger partial charge is 0.463 e. The molecule has 0 radical (unpaired) electrons. The number of benzene rings is 1. The molecule has 0 spiro atoms. The summed E-state index contributed by atoms with van der Waals surface area (Å²) in [7, 11) is -4.98. The van der Waals surface area contributed by atoms with Crippen LogP contribution in [0.1, 0.15) is 13.8 Å². The molecular formula is C16H22N2O10S. The number of aliphatic hydroxyl groups is 2. The highest BCUT2D eigenvalue weighted by molar-refractivity contribution is 7.80. The summed E-state index contributed by atoms with van der Waals surface area (Å²) in [5.41, 5.74) is 0.503. The third kappa shape index (κ3) is 6.62. The molecule has 0 aromatic heterocycles. The van der Waals surface area contributed by atoms with E-state index in [0.717, 1.165) is 6.92 Å². The molecule has 1 aromatic rings. The van der Waals surface area contributed by atoms with Crippen molar-refractivity contribution < 1.29 is 46.4 Å². The molecule has 1 aliphatic rings. The maximum Gasteiger partial charge on any atom is 0.397 e. The highest BCUT2D eigenvalue weighted by atomic mass is 32.3. The molecule has 12 nitrogen and oxygen atoms in total. The number of hydrogen-bond donors (Lipinski definition) is 5. The van der Waals surface area contributed by atoms with Gasteiger partial charge in [-0.15, -0.1) is 0 Å². The molecule has 5 atom stereocenters. The molecule has 2 rings (SSSR count). The van der Waals surface area contributed by atoms with Crippen LogP contribution >= 0.6 is 0 Å². The highest BCUT2D eigenvalue weighted by Crippen LogP contribution is 2.27. The fourth-order valence-electron chi connectivity index (χ4n) is 2.77. The highest BCUT2D eigenvalue weighted by Gasteiger charge is 2.49. The molecule has 5 N–H and O–H groups in total. The van der Waals surface area contributed by atoms with Crippen LogP contribution in [0.3, 0.4) is 0 Å². The third-order valence-corrected chi connectivity index (χ3v) is 4.35. The van der Waals surface area contributed by atoms with Crippen LogP contribution in [0.4, 0.5) is 5.69 Å². The molecule has 1 fully saturated rings. The average molecular weight is 434 g/mol. The van der Waals surface area contributed by atoms with Crippen molar-refractivity contribution in [1.29, 1.82) is 0 Å². The van der Waals surface area contributed by atoms with Gasteiger partial charge in [-0.3, -0.25) is 14.1 Å². The summed E-state index contributed by atoms with van der Waals surface area (Å²) in [6.45, 7) is 1.73. The first-order chi connectivity index (χ1) is 13.5. The molecule has 29 heavy (non-hydrogen) atoms. The summed E-state index contributed by atoms with van der Waals surface area (Å²) >= 11 is 0. The Morgan fingerprint density at radius 3 is 2.28 bits per heavy atom. The minimum Gasteiger partial charge on any atom is -0.463 e.